The lowest BCUT2D eigenvalue weighted by Crippen LogP contribution is -2.45. The number of unbranched alkanes of at least 4 members (excludes halogenated alkanes) is 9. The molecule has 0 aromatic carbocycles. The Balaban J connectivity index is 1.96. The van der Waals surface area contributed by atoms with Gasteiger partial charge in [0.25, 0.3) is 0 Å². The van der Waals surface area contributed by atoms with Gasteiger partial charge in [0, 0.05) is 38.3 Å². The summed E-state index contributed by atoms with van der Waals surface area (Å²) >= 11 is 0. The molecule has 1 rings (SSSR count). The monoisotopic (exact) mass is 409 g/mol. The molecule has 1 heterocycles. The molecule has 0 fully saturated rings. The van der Waals surface area contributed by atoms with E-state index < -0.39 is 8.80 Å². The molecule has 28 heavy (non-hydrogen) atoms. The second-order valence-corrected chi connectivity index (χ2v) is 10.1. The summed E-state index contributed by atoms with van der Waals surface area (Å²) in [4.78, 5) is 4.07. The van der Waals surface area contributed by atoms with Crippen molar-refractivity contribution in [3.8, 4) is 0 Å². The first-order chi connectivity index (χ1) is 13.8. The number of rotatable bonds is 19. The minimum absolute atomic E-state index is 0.675. The summed E-state index contributed by atoms with van der Waals surface area (Å²) in [6.45, 7) is 8.11. The third kappa shape index (κ3) is 11.9. The molecular weight excluding hydrogens is 366 g/mol. The van der Waals surface area contributed by atoms with Gasteiger partial charge in [-0.05, 0) is 57.7 Å². The maximum absolute atomic E-state index is 5.92. The maximum atomic E-state index is 5.92. The zero-order valence-electron chi connectivity index (χ0n) is 18.6. The van der Waals surface area contributed by atoms with Gasteiger partial charge in [-0.25, -0.2) is 0 Å². The molecule has 0 bridgehead atoms. The van der Waals surface area contributed by atoms with Gasteiger partial charge < -0.3 is 13.3 Å². The summed E-state index contributed by atoms with van der Waals surface area (Å²) in [5.74, 6) is 0. The van der Waals surface area contributed by atoms with Crippen LogP contribution in [0.25, 0.3) is 0 Å². The van der Waals surface area contributed by atoms with E-state index in [1.165, 1.54) is 69.8 Å². The van der Waals surface area contributed by atoms with Gasteiger partial charge in [-0.15, -0.1) is 0 Å². The van der Waals surface area contributed by atoms with Crippen molar-refractivity contribution in [2.75, 3.05) is 19.8 Å². The number of nitrogens with zero attached hydrogens (tertiary/aromatic N) is 1. The molecule has 1 aromatic heterocycles. The fourth-order valence-corrected chi connectivity index (χ4v) is 6.32. The fraction of sp³-hybridized carbons (Fsp3) is 0.783. The molecule has 0 unspecified atom stereocenters. The number of aromatic nitrogens is 1. The van der Waals surface area contributed by atoms with Crippen LogP contribution in [0.15, 0.2) is 24.5 Å². The van der Waals surface area contributed by atoms with Gasteiger partial charge in [0.15, 0.2) is 0 Å². The lowest BCUT2D eigenvalue weighted by Gasteiger charge is -2.28. The van der Waals surface area contributed by atoms with Gasteiger partial charge in [0.1, 0.15) is 0 Å². The van der Waals surface area contributed by atoms with Crippen LogP contribution in [0.5, 0.6) is 0 Å². The molecule has 0 spiro atoms. The summed E-state index contributed by atoms with van der Waals surface area (Å²) in [6.07, 6.45) is 18.2. The van der Waals surface area contributed by atoms with E-state index in [2.05, 4.69) is 17.1 Å². The standard InChI is InChI=1S/C23H43NO3Si/c1-4-25-28(26-5-2,27-6-3)22-16-14-12-10-8-7-9-11-13-15-17-23-18-20-24-21-19-23/h18-21H,4-17,22H2,1-3H3. The highest BCUT2D eigenvalue weighted by molar-refractivity contribution is 6.60. The van der Waals surface area contributed by atoms with E-state index in [0.29, 0.717) is 19.8 Å². The van der Waals surface area contributed by atoms with Crippen LogP contribution in [0.1, 0.15) is 90.5 Å². The normalized spacial score (nSPS) is 11.8. The Labute approximate surface area is 174 Å². The van der Waals surface area contributed by atoms with Gasteiger partial charge >= 0.3 is 8.80 Å². The summed E-state index contributed by atoms with van der Waals surface area (Å²) in [7, 11) is -2.42. The Hall–Kier alpha value is -0.753. The Bertz CT molecular complexity index is 441. The molecule has 0 N–H and O–H groups in total. The first kappa shape index (κ1) is 25.3. The van der Waals surface area contributed by atoms with Crippen LogP contribution in [0.2, 0.25) is 6.04 Å². The topological polar surface area (TPSA) is 40.6 Å². The van der Waals surface area contributed by atoms with Gasteiger partial charge in [-0.2, -0.15) is 0 Å². The summed E-state index contributed by atoms with van der Waals surface area (Å²) in [6, 6.07) is 5.22. The highest BCUT2D eigenvalue weighted by Gasteiger charge is 2.39. The predicted molar refractivity (Wildman–Crippen MR) is 120 cm³/mol. The van der Waals surface area contributed by atoms with Gasteiger partial charge in [-0.3, -0.25) is 4.98 Å². The molecule has 162 valence electrons. The van der Waals surface area contributed by atoms with Crippen molar-refractivity contribution in [2.24, 2.45) is 0 Å². The van der Waals surface area contributed by atoms with E-state index in [1.807, 2.05) is 33.2 Å². The highest BCUT2D eigenvalue weighted by Crippen LogP contribution is 2.21. The highest BCUT2D eigenvalue weighted by atomic mass is 28.4. The van der Waals surface area contributed by atoms with Crippen LogP contribution < -0.4 is 0 Å². The van der Waals surface area contributed by atoms with Crippen LogP contribution in [0, 0.1) is 0 Å². The van der Waals surface area contributed by atoms with Crippen LogP contribution in [-0.2, 0) is 19.7 Å². The van der Waals surface area contributed by atoms with E-state index in [1.54, 1.807) is 0 Å². The number of aryl methyl sites for hydroxylation is 1. The Morgan fingerprint density at radius 3 is 1.54 bits per heavy atom. The molecule has 0 saturated heterocycles. The van der Waals surface area contributed by atoms with Crippen LogP contribution >= 0.6 is 0 Å². The number of hydrogen-bond donors (Lipinski definition) is 0. The van der Waals surface area contributed by atoms with E-state index >= 15 is 0 Å². The van der Waals surface area contributed by atoms with Crippen molar-refractivity contribution < 1.29 is 13.3 Å². The Kier molecular flexibility index (Phi) is 15.5. The van der Waals surface area contributed by atoms with Gasteiger partial charge in [-0.1, -0.05) is 51.4 Å². The van der Waals surface area contributed by atoms with Crippen molar-refractivity contribution in [1.29, 1.82) is 0 Å². The van der Waals surface area contributed by atoms with Crippen LogP contribution in [-0.4, -0.2) is 33.6 Å². The zero-order valence-corrected chi connectivity index (χ0v) is 19.6. The summed E-state index contributed by atoms with van der Waals surface area (Å²) in [5, 5.41) is 0. The van der Waals surface area contributed by atoms with E-state index in [0.717, 1.165) is 12.5 Å². The minimum Gasteiger partial charge on any atom is -0.374 e. The lowest BCUT2D eigenvalue weighted by atomic mass is 10.0. The second-order valence-electron chi connectivity index (χ2n) is 7.37. The average Bonchev–Trinajstić information content (AvgIpc) is 2.70. The third-order valence-corrected chi connectivity index (χ3v) is 8.19. The summed E-state index contributed by atoms with van der Waals surface area (Å²) in [5.41, 5.74) is 1.42. The average molecular weight is 410 g/mol. The quantitative estimate of drug-likeness (QED) is 0.191. The first-order valence-electron chi connectivity index (χ1n) is 11.6. The van der Waals surface area contributed by atoms with Gasteiger partial charge in [0.2, 0.25) is 0 Å². The molecule has 5 heteroatoms. The van der Waals surface area contributed by atoms with Crippen molar-refractivity contribution in [3.05, 3.63) is 30.1 Å². The molecule has 0 aliphatic carbocycles. The molecule has 0 radical (unpaired) electrons. The van der Waals surface area contributed by atoms with E-state index in [9.17, 15) is 0 Å². The zero-order chi connectivity index (χ0) is 20.3. The molecule has 0 saturated carbocycles. The lowest BCUT2D eigenvalue weighted by molar-refractivity contribution is 0.0706. The van der Waals surface area contributed by atoms with Crippen LogP contribution in [0.3, 0.4) is 0 Å². The maximum Gasteiger partial charge on any atom is 0.500 e. The predicted octanol–water partition coefficient (Wildman–Crippen LogP) is 6.57. The Morgan fingerprint density at radius 2 is 1.07 bits per heavy atom. The molecular formula is C23H43NO3Si. The van der Waals surface area contributed by atoms with E-state index in [-0.39, 0.29) is 0 Å². The third-order valence-electron chi connectivity index (χ3n) is 5.04. The largest absolute Gasteiger partial charge is 0.500 e. The van der Waals surface area contributed by atoms with Crippen molar-refractivity contribution in [3.63, 3.8) is 0 Å². The van der Waals surface area contributed by atoms with Crippen LogP contribution in [0.4, 0.5) is 0 Å². The minimum atomic E-state index is -2.42. The van der Waals surface area contributed by atoms with Crippen molar-refractivity contribution in [1.82, 2.24) is 4.98 Å². The molecule has 1 aromatic rings. The number of pyridine rings is 1. The van der Waals surface area contributed by atoms with Crippen molar-refractivity contribution in [2.45, 2.75) is 97.4 Å². The smallest absolute Gasteiger partial charge is 0.374 e. The number of hydrogen-bond acceptors (Lipinski definition) is 4. The van der Waals surface area contributed by atoms with Crippen molar-refractivity contribution >= 4 is 8.80 Å². The molecule has 4 nitrogen and oxygen atoms in total. The molecule has 0 amide bonds. The van der Waals surface area contributed by atoms with E-state index in [4.69, 9.17) is 13.3 Å². The second kappa shape index (κ2) is 17.1. The summed E-state index contributed by atoms with van der Waals surface area (Å²) < 4.78 is 17.8. The first-order valence-corrected chi connectivity index (χ1v) is 13.5. The SMILES string of the molecule is CCO[Si](CCCCCCCCCCCCc1ccncc1)(OCC)OCC. The molecule has 0 aliphatic rings. The fourth-order valence-electron chi connectivity index (χ4n) is 3.64. The van der Waals surface area contributed by atoms with Gasteiger partial charge in [0.05, 0.1) is 0 Å². The molecule has 0 aliphatic heterocycles. The Morgan fingerprint density at radius 1 is 0.643 bits per heavy atom. The molecule has 0 atom stereocenters.